The van der Waals surface area contributed by atoms with Crippen LogP contribution in [0, 0.1) is 6.92 Å². The Kier molecular flexibility index (Phi) is 4.45. The monoisotopic (exact) mass is 347 g/mol. The van der Waals surface area contributed by atoms with Gasteiger partial charge in [-0.05, 0) is 32.4 Å². The average molecular weight is 347 g/mol. The largest absolute Gasteiger partial charge is 0.322 e. The van der Waals surface area contributed by atoms with E-state index in [1.54, 1.807) is 11.8 Å². The molecule has 2 heterocycles. The van der Waals surface area contributed by atoms with Crippen molar-refractivity contribution in [3.8, 4) is 0 Å². The number of rotatable bonds is 1. The van der Waals surface area contributed by atoms with E-state index in [0.29, 0.717) is 18.7 Å². The predicted molar refractivity (Wildman–Crippen MR) is 94.9 cm³/mol. The van der Waals surface area contributed by atoms with Gasteiger partial charge in [0.2, 0.25) is 0 Å². The standard InChI is InChI=1S/C17H21N3O3S/c1-12-10-16(14-6-3-4-7-15(14)18-12)19-17(21)20-8-5-9-24(22,23)11-13(20)2/h3-4,6-7,10,13H,5,8-9,11H2,1-2H3,(H,18,19,21). The Bertz CT molecular complexity index is 880. The third-order valence-electron chi connectivity index (χ3n) is 4.23. The molecule has 0 radical (unpaired) electrons. The summed E-state index contributed by atoms with van der Waals surface area (Å²) in [6.45, 7) is 4.09. The van der Waals surface area contributed by atoms with Crippen LogP contribution in [0.2, 0.25) is 0 Å². The number of urea groups is 1. The number of pyridine rings is 1. The molecule has 3 rings (SSSR count). The summed E-state index contributed by atoms with van der Waals surface area (Å²) in [5.74, 6) is 0.148. The Morgan fingerprint density at radius 3 is 2.88 bits per heavy atom. The van der Waals surface area contributed by atoms with Crippen molar-refractivity contribution in [1.29, 1.82) is 0 Å². The number of hydrogen-bond donors (Lipinski definition) is 1. The number of amides is 2. The lowest BCUT2D eigenvalue weighted by Crippen LogP contribution is -2.43. The summed E-state index contributed by atoms with van der Waals surface area (Å²) in [4.78, 5) is 18.8. The van der Waals surface area contributed by atoms with E-state index in [9.17, 15) is 13.2 Å². The summed E-state index contributed by atoms with van der Waals surface area (Å²) in [7, 11) is -3.08. The Hall–Kier alpha value is -2.15. The van der Waals surface area contributed by atoms with Crippen molar-refractivity contribution in [2.24, 2.45) is 0 Å². The van der Waals surface area contributed by atoms with Gasteiger partial charge in [0, 0.05) is 23.7 Å². The van der Waals surface area contributed by atoms with Crippen molar-refractivity contribution in [3.63, 3.8) is 0 Å². The number of aryl methyl sites for hydroxylation is 1. The molecule has 1 atom stereocenters. The summed E-state index contributed by atoms with van der Waals surface area (Å²) >= 11 is 0. The van der Waals surface area contributed by atoms with E-state index < -0.39 is 9.84 Å². The van der Waals surface area contributed by atoms with Crippen molar-refractivity contribution in [2.75, 3.05) is 23.4 Å². The SMILES string of the molecule is Cc1cc(NC(=O)N2CCCS(=O)(=O)CC2C)c2ccccc2n1. The number of carbonyl (C=O) groups is 1. The van der Waals surface area contributed by atoms with Crippen molar-refractivity contribution >= 4 is 32.5 Å². The van der Waals surface area contributed by atoms with Crippen molar-refractivity contribution in [1.82, 2.24) is 9.88 Å². The maximum atomic E-state index is 12.7. The summed E-state index contributed by atoms with van der Waals surface area (Å²) in [5.41, 5.74) is 2.33. The van der Waals surface area contributed by atoms with Crippen LogP contribution in [0.4, 0.5) is 10.5 Å². The number of para-hydroxylation sites is 1. The molecule has 1 aliphatic heterocycles. The molecule has 1 aromatic carbocycles. The van der Waals surface area contributed by atoms with Gasteiger partial charge in [0.25, 0.3) is 0 Å². The van der Waals surface area contributed by atoms with Gasteiger partial charge in [-0.3, -0.25) is 4.98 Å². The highest BCUT2D eigenvalue weighted by atomic mass is 32.2. The number of anilines is 1. The second kappa shape index (κ2) is 6.39. The number of carbonyl (C=O) groups excluding carboxylic acids is 1. The van der Waals surface area contributed by atoms with E-state index >= 15 is 0 Å². The molecule has 1 unspecified atom stereocenters. The number of benzene rings is 1. The highest BCUT2D eigenvalue weighted by molar-refractivity contribution is 7.91. The molecule has 7 heteroatoms. The van der Waals surface area contributed by atoms with Crippen LogP contribution in [0.1, 0.15) is 19.0 Å². The van der Waals surface area contributed by atoms with E-state index in [4.69, 9.17) is 0 Å². The van der Waals surface area contributed by atoms with E-state index in [2.05, 4.69) is 10.3 Å². The number of aromatic nitrogens is 1. The van der Waals surface area contributed by atoms with Gasteiger partial charge < -0.3 is 10.2 Å². The van der Waals surface area contributed by atoms with Crippen molar-refractivity contribution < 1.29 is 13.2 Å². The zero-order valence-corrected chi connectivity index (χ0v) is 14.6. The van der Waals surface area contributed by atoms with Gasteiger partial charge >= 0.3 is 6.03 Å². The number of sulfone groups is 1. The van der Waals surface area contributed by atoms with Crippen LogP contribution in [0.5, 0.6) is 0 Å². The molecule has 1 fully saturated rings. The molecule has 1 aliphatic rings. The van der Waals surface area contributed by atoms with Gasteiger partial charge in [-0.25, -0.2) is 13.2 Å². The number of hydrogen-bond acceptors (Lipinski definition) is 4. The van der Waals surface area contributed by atoms with Crippen LogP contribution >= 0.6 is 0 Å². The Labute approximate surface area is 141 Å². The Morgan fingerprint density at radius 2 is 2.08 bits per heavy atom. The molecule has 0 spiro atoms. The molecule has 24 heavy (non-hydrogen) atoms. The summed E-state index contributed by atoms with van der Waals surface area (Å²) < 4.78 is 23.7. The highest BCUT2D eigenvalue weighted by Gasteiger charge is 2.29. The minimum Gasteiger partial charge on any atom is -0.321 e. The highest BCUT2D eigenvalue weighted by Crippen LogP contribution is 2.24. The first-order valence-corrected chi connectivity index (χ1v) is 9.82. The fourth-order valence-corrected chi connectivity index (χ4v) is 4.77. The normalized spacial score (nSPS) is 20.6. The minimum absolute atomic E-state index is 0.0105. The van der Waals surface area contributed by atoms with Crippen LogP contribution in [-0.4, -0.2) is 48.4 Å². The van der Waals surface area contributed by atoms with E-state index in [1.807, 2.05) is 37.3 Å². The lowest BCUT2D eigenvalue weighted by atomic mass is 10.1. The molecule has 0 aliphatic carbocycles. The van der Waals surface area contributed by atoms with Crippen LogP contribution in [0.25, 0.3) is 10.9 Å². The van der Waals surface area contributed by atoms with E-state index in [0.717, 1.165) is 16.6 Å². The van der Waals surface area contributed by atoms with Crippen LogP contribution in [-0.2, 0) is 9.84 Å². The van der Waals surface area contributed by atoms with Crippen LogP contribution < -0.4 is 5.32 Å². The van der Waals surface area contributed by atoms with Gasteiger partial charge in [-0.1, -0.05) is 18.2 Å². The second-order valence-corrected chi connectivity index (χ2v) is 8.50. The molecular formula is C17H21N3O3S. The van der Waals surface area contributed by atoms with Gasteiger partial charge in [0.15, 0.2) is 9.84 Å². The Morgan fingerprint density at radius 1 is 1.33 bits per heavy atom. The number of nitrogens with one attached hydrogen (secondary N) is 1. The summed E-state index contributed by atoms with van der Waals surface area (Å²) in [5, 5.41) is 3.80. The molecule has 0 saturated carbocycles. The van der Waals surface area contributed by atoms with Crippen molar-refractivity contribution in [2.45, 2.75) is 26.3 Å². The first kappa shape index (κ1) is 16.7. The summed E-state index contributed by atoms with van der Waals surface area (Å²) in [6, 6.07) is 8.84. The van der Waals surface area contributed by atoms with Crippen LogP contribution in [0.15, 0.2) is 30.3 Å². The first-order valence-electron chi connectivity index (χ1n) is 8.00. The molecule has 2 aromatic rings. The molecule has 1 N–H and O–H groups in total. The first-order chi connectivity index (χ1) is 11.4. The molecular weight excluding hydrogens is 326 g/mol. The van der Waals surface area contributed by atoms with Gasteiger partial charge in [0.1, 0.15) is 0 Å². The summed E-state index contributed by atoms with van der Waals surface area (Å²) in [6.07, 6.45) is 0.468. The van der Waals surface area contributed by atoms with Crippen LogP contribution in [0.3, 0.4) is 0 Å². The Balaban J connectivity index is 1.87. The fourth-order valence-electron chi connectivity index (χ4n) is 3.12. The maximum absolute atomic E-state index is 12.7. The topological polar surface area (TPSA) is 79.4 Å². The lowest BCUT2D eigenvalue weighted by Gasteiger charge is -2.27. The smallest absolute Gasteiger partial charge is 0.321 e. The van der Waals surface area contributed by atoms with Gasteiger partial charge in [-0.2, -0.15) is 0 Å². The van der Waals surface area contributed by atoms with Gasteiger partial charge in [0.05, 0.1) is 22.7 Å². The molecule has 128 valence electrons. The third-order valence-corrected chi connectivity index (χ3v) is 6.13. The maximum Gasteiger partial charge on any atom is 0.322 e. The van der Waals surface area contributed by atoms with E-state index in [1.165, 1.54) is 0 Å². The lowest BCUT2D eigenvalue weighted by molar-refractivity contribution is 0.199. The number of fused-ring (bicyclic) bond motifs is 1. The zero-order chi connectivity index (χ0) is 17.3. The second-order valence-electron chi connectivity index (χ2n) is 6.27. The molecule has 1 saturated heterocycles. The molecule has 2 amide bonds. The molecule has 6 nitrogen and oxygen atoms in total. The quantitative estimate of drug-likeness (QED) is 0.860. The third kappa shape index (κ3) is 3.51. The fraction of sp³-hybridized carbons (Fsp3) is 0.412. The minimum atomic E-state index is -3.08. The van der Waals surface area contributed by atoms with Crippen molar-refractivity contribution in [3.05, 3.63) is 36.0 Å². The van der Waals surface area contributed by atoms with E-state index in [-0.39, 0.29) is 23.6 Å². The predicted octanol–water partition coefficient (Wildman–Crippen LogP) is 2.58. The average Bonchev–Trinajstić information content (AvgIpc) is 2.63. The van der Waals surface area contributed by atoms with Gasteiger partial charge in [-0.15, -0.1) is 0 Å². The number of nitrogens with zero attached hydrogens (tertiary/aromatic N) is 2. The molecule has 0 bridgehead atoms. The molecule has 1 aromatic heterocycles. The zero-order valence-electron chi connectivity index (χ0n) is 13.8.